The van der Waals surface area contributed by atoms with Gasteiger partial charge in [-0.2, -0.15) is 0 Å². The van der Waals surface area contributed by atoms with Gasteiger partial charge in [0.15, 0.2) is 0 Å². The molecular formula is C20H31N3O2. The third-order valence-electron chi connectivity index (χ3n) is 5.45. The van der Waals surface area contributed by atoms with Crippen molar-refractivity contribution >= 4 is 11.6 Å². The lowest BCUT2D eigenvalue weighted by Gasteiger charge is -2.32. The number of likely N-dealkylation sites (N-methyl/N-ethyl adjacent to an activating group) is 1. The Morgan fingerprint density at radius 3 is 2.60 bits per heavy atom. The summed E-state index contributed by atoms with van der Waals surface area (Å²) in [6.45, 7) is 7.59. The molecule has 25 heavy (non-hydrogen) atoms. The second-order valence-electron chi connectivity index (χ2n) is 7.35. The zero-order valence-electron chi connectivity index (χ0n) is 15.5. The Labute approximate surface area is 151 Å². The molecule has 2 fully saturated rings. The number of anilines is 1. The minimum atomic E-state index is 0.148. The van der Waals surface area contributed by atoms with Gasteiger partial charge in [0.05, 0.1) is 6.10 Å². The number of amides is 1. The van der Waals surface area contributed by atoms with Crippen molar-refractivity contribution in [3.63, 3.8) is 0 Å². The second kappa shape index (κ2) is 8.68. The van der Waals surface area contributed by atoms with Crippen LogP contribution in [0.5, 0.6) is 0 Å². The van der Waals surface area contributed by atoms with Gasteiger partial charge in [-0.3, -0.25) is 4.79 Å². The van der Waals surface area contributed by atoms with Gasteiger partial charge in [0, 0.05) is 50.6 Å². The molecule has 2 saturated heterocycles. The lowest BCUT2D eigenvalue weighted by atomic mass is 9.94. The Kier molecular flexibility index (Phi) is 6.32. The van der Waals surface area contributed by atoms with Crippen LogP contribution in [0.15, 0.2) is 24.3 Å². The fraction of sp³-hybridized carbons (Fsp3) is 0.650. The van der Waals surface area contributed by atoms with Crippen LogP contribution in [-0.2, 0) is 4.74 Å². The van der Waals surface area contributed by atoms with Gasteiger partial charge in [0.25, 0.3) is 5.91 Å². The van der Waals surface area contributed by atoms with Gasteiger partial charge in [-0.15, -0.1) is 0 Å². The lowest BCUT2D eigenvalue weighted by Crippen LogP contribution is -2.47. The fourth-order valence-corrected chi connectivity index (χ4v) is 3.61. The Morgan fingerprint density at radius 1 is 1.20 bits per heavy atom. The molecule has 1 aromatic rings. The van der Waals surface area contributed by atoms with Gasteiger partial charge in [-0.1, -0.05) is 6.92 Å². The van der Waals surface area contributed by atoms with Crippen LogP contribution >= 0.6 is 0 Å². The van der Waals surface area contributed by atoms with Crippen molar-refractivity contribution in [2.75, 3.05) is 51.7 Å². The Hall–Kier alpha value is -1.59. The summed E-state index contributed by atoms with van der Waals surface area (Å²) in [6, 6.07) is 7.95. The first-order chi connectivity index (χ1) is 12.2. The maximum absolute atomic E-state index is 12.6. The first-order valence-corrected chi connectivity index (χ1v) is 9.59. The summed E-state index contributed by atoms with van der Waals surface area (Å²) in [5.41, 5.74) is 1.88. The third kappa shape index (κ3) is 4.95. The topological polar surface area (TPSA) is 44.8 Å². The van der Waals surface area contributed by atoms with Crippen molar-refractivity contribution in [2.45, 2.75) is 32.3 Å². The van der Waals surface area contributed by atoms with Crippen molar-refractivity contribution in [1.82, 2.24) is 9.80 Å². The predicted molar refractivity (Wildman–Crippen MR) is 101 cm³/mol. The molecule has 0 radical (unpaired) electrons. The van der Waals surface area contributed by atoms with Gasteiger partial charge in [0.2, 0.25) is 0 Å². The summed E-state index contributed by atoms with van der Waals surface area (Å²) < 4.78 is 5.74. The van der Waals surface area contributed by atoms with Crippen molar-refractivity contribution in [3.8, 4) is 0 Å². The van der Waals surface area contributed by atoms with E-state index in [0.717, 1.165) is 69.8 Å². The number of ether oxygens (including phenoxy) is 1. The molecule has 2 aliphatic rings. The van der Waals surface area contributed by atoms with E-state index in [1.54, 1.807) is 0 Å². The molecule has 1 aromatic carbocycles. The number of hydrogen-bond donors (Lipinski definition) is 1. The van der Waals surface area contributed by atoms with Gasteiger partial charge in [0.1, 0.15) is 0 Å². The number of piperazine rings is 1. The quantitative estimate of drug-likeness (QED) is 0.891. The zero-order valence-corrected chi connectivity index (χ0v) is 15.5. The van der Waals surface area contributed by atoms with Gasteiger partial charge >= 0.3 is 0 Å². The summed E-state index contributed by atoms with van der Waals surface area (Å²) in [5.74, 6) is 0.820. The van der Waals surface area contributed by atoms with Crippen molar-refractivity contribution in [1.29, 1.82) is 0 Å². The Morgan fingerprint density at radius 2 is 1.92 bits per heavy atom. The van der Waals surface area contributed by atoms with Crippen LogP contribution in [0.3, 0.4) is 0 Å². The summed E-state index contributed by atoms with van der Waals surface area (Å²) in [7, 11) is 2.10. The molecule has 3 rings (SSSR count). The fourth-order valence-electron chi connectivity index (χ4n) is 3.61. The highest BCUT2D eigenvalue weighted by Crippen LogP contribution is 2.23. The van der Waals surface area contributed by atoms with Crippen LogP contribution in [0.4, 0.5) is 5.69 Å². The molecule has 0 bridgehead atoms. The summed E-state index contributed by atoms with van der Waals surface area (Å²) in [4.78, 5) is 16.8. The molecule has 1 amide bonds. The molecule has 0 spiro atoms. The first-order valence-electron chi connectivity index (χ1n) is 9.59. The van der Waals surface area contributed by atoms with E-state index < -0.39 is 0 Å². The normalized spacial score (nSPS) is 25.0. The van der Waals surface area contributed by atoms with Crippen molar-refractivity contribution in [2.24, 2.45) is 5.92 Å². The SMILES string of the molecule is CC[C@@H]1C[C@@H](CNc2ccc(C(=O)N3CCN(C)CC3)cc2)CCO1. The lowest BCUT2D eigenvalue weighted by molar-refractivity contribution is -0.00759. The van der Waals surface area contributed by atoms with E-state index in [0.29, 0.717) is 12.0 Å². The number of carbonyl (C=O) groups excluding carboxylic acids is 1. The van der Waals surface area contributed by atoms with Crippen LogP contribution in [0.1, 0.15) is 36.5 Å². The minimum absolute atomic E-state index is 0.148. The standard InChI is InChI=1S/C20H31N3O2/c1-3-19-14-16(8-13-25-19)15-21-18-6-4-17(5-7-18)20(24)23-11-9-22(2)10-12-23/h4-7,16,19,21H,3,8-15H2,1-2H3/t16-,19+/m0/s1. The molecule has 0 saturated carbocycles. The van der Waals surface area contributed by atoms with E-state index in [2.05, 4.69) is 24.2 Å². The molecule has 2 atom stereocenters. The summed E-state index contributed by atoms with van der Waals surface area (Å²) in [6.07, 6.45) is 3.79. The summed E-state index contributed by atoms with van der Waals surface area (Å²) in [5, 5.41) is 3.52. The van der Waals surface area contributed by atoms with E-state index in [9.17, 15) is 4.79 Å². The average molecular weight is 345 g/mol. The van der Waals surface area contributed by atoms with E-state index in [1.807, 2.05) is 29.2 Å². The largest absolute Gasteiger partial charge is 0.385 e. The van der Waals surface area contributed by atoms with Gasteiger partial charge in [-0.05, 0) is 56.5 Å². The highest BCUT2D eigenvalue weighted by Gasteiger charge is 2.22. The van der Waals surface area contributed by atoms with Crippen LogP contribution < -0.4 is 5.32 Å². The minimum Gasteiger partial charge on any atom is -0.385 e. The molecule has 0 unspecified atom stereocenters. The molecule has 1 N–H and O–H groups in total. The molecule has 0 aromatic heterocycles. The van der Waals surface area contributed by atoms with Gasteiger partial charge < -0.3 is 19.9 Å². The number of nitrogens with zero attached hydrogens (tertiary/aromatic N) is 2. The van der Waals surface area contributed by atoms with E-state index in [4.69, 9.17) is 4.74 Å². The Bertz CT molecular complexity index is 553. The van der Waals surface area contributed by atoms with Crippen LogP contribution in [0.25, 0.3) is 0 Å². The van der Waals surface area contributed by atoms with E-state index >= 15 is 0 Å². The third-order valence-corrected chi connectivity index (χ3v) is 5.45. The number of benzene rings is 1. The molecule has 0 aliphatic carbocycles. The smallest absolute Gasteiger partial charge is 0.253 e. The number of hydrogen-bond acceptors (Lipinski definition) is 4. The van der Waals surface area contributed by atoms with Crippen LogP contribution in [-0.4, -0.2) is 68.2 Å². The zero-order chi connectivity index (χ0) is 17.6. The number of nitrogens with one attached hydrogen (secondary N) is 1. The van der Waals surface area contributed by atoms with Crippen molar-refractivity contribution < 1.29 is 9.53 Å². The molecule has 5 nitrogen and oxygen atoms in total. The predicted octanol–water partition coefficient (Wildman–Crippen LogP) is 2.69. The highest BCUT2D eigenvalue weighted by molar-refractivity contribution is 5.94. The van der Waals surface area contributed by atoms with Crippen LogP contribution in [0.2, 0.25) is 0 Å². The van der Waals surface area contributed by atoms with Gasteiger partial charge in [-0.25, -0.2) is 0 Å². The maximum Gasteiger partial charge on any atom is 0.253 e. The van der Waals surface area contributed by atoms with E-state index in [-0.39, 0.29) is 5.91 Å². The summed E-state index contributed by atoms with van der Waals surface area (Å²) >= 11 is 0. The van der Waals surface area contributed by atoms with Crippen molar-refractivity contribution in [3.05, 3.63) is 29.8 Å². The first kappa shape index (κ1) is 18.2. The number of rotatable bonds is 5. The second-order valence-corrected chi connectivity index (χ2v) is 7.35. The molecule has 5 heteroatoms. The molecule has 2 aliphatic heterocycles. The molecular weight excluding hydrogens is 314 g/mol. The molecule has 138 valence electrons. The monoisotopic (exact) mass is 345 g/mol. The maximum atomic E-state index is 12.6. The Balaban J connectivity index is 1.49. The van der Waals surface area contributed by atoms with E-state index in [1.165, 1.54) is 0 Å². The highest BCUT2D eigenvalue weighted by atomic mass is 16.5. The molecule has 2 heterocycles. The van der Waals surface area contributed by atoms with Crippen LogP contribution in [0, 0.1) is 5.92 Å². The average Bonchev–Trinajstić information content (AvgIpc) is 2.67. The number of carbonyl (C=O) groups is 1.